The summed E-state index contributed by atoms with van der Waals surface area (Å²) < 4.78 is 42.7. The van der Waals surface area contributed by atoms with Gasteiger partial charge < -0.3 is 50.3 Å². The Hall–Kier alpha value is -0.530. The predicted octanol–water partition coefficient (Wildman–Crippen LogP) is -6.14. The maximum absolute atomic E-state index is 12.1. The standard InChI is InChI=1S/C12H22O14S/c13-1-3-5(15)6(16)9(19)12(24-3)26-27(21,22)25-10-4(2-14)23-11(20)8(18)7(10)17/h3-20H,1-2H2/t3-,4-,5-,6+,7-,8-,9-,10-,11?,12?/m1/s1. The van der Waals surface area contributed by atoms with E-state index in [0.29, 0.717) is 0 Å². The number of aliphatic hydroxyl groups excluding tert-OH is 8. The third-order valence-electron chi connectivity index (χ3n) is 4.13. The minimum Gasteiger partial charge on any atom is -0.394 e. The first-order valence-electron chi connectivity index (χ1n) is 7.75. The lowest BCUT2D eigenvalue weighted by Crippen LogP contribution is -2.61. The molecule has 10 atom stereocenters. The van der Waals surface area contributed by atoms with Crippen molar-refractivity contribution in [1.29, 1.82) is 0 Å². The van der Waals surface area contributed by atoms with Gasteiger partial charge in [-0.3, -0.25) is 0 Å². The van der Waals surface area contributed by atoms with Gasteiger partial charge >= 0.3 is 10.4 Å². The van der Waals surface area contributed by atoms with Crippen molar-refractivity contribution in [3.05, 3.63) is 0 Å². The molecule has 15 heteroatoms. The number of ether oxygens (including phenoxy) is 2. The molecule has 0 radical (unpaired) electrons. The summed E-state index contributed by atoms with van der Waals surface area (Å²) in [5, 5.41) is 76.0. The van der Waals surface area contributed by atoms with Crippen LogP contribution in [0, 0.1) is 0 Å². The van der Waals surface area contributed by atoms with Crippen LogP contribution in [-0.4, -0.2) is 124 Å². The van der Waals surface area contributed by atoms with Crippen LogP contribution >= 0.6 is 0 Å². The van der Waals surface area contributed by atoms with Crippen molar-refractivity contribution in [3.63, 3.8) is 0 Å². The molecular weight excluding hydrogens is 400 g/mol. The first-order chi connectivity index (χ1) is 12.5. The molecule has 2 fully saturated rings. The van der Waals surface area contributed by atoms with Gasteiger partial charge in [0.15, 0.2) is 6.29 Å². The minimum atomic E-state index is -5.11. The summed E-state index contributed by atoms with van der Waals surface area (Å²) in [5.74, 6) is 0. The van der Waals surface area contributed by atoms with Crippen LogP contribution in [0.15, 0.2) is 0 Å². The zero-order chi connectivity index (χ0) is 20.5. The van der Waals surface area contributed by atoms with E-state index >= 15 is 0 Å². The first-order valence-corrected chi connectivity index (χ1v) is 9.08. The van der Waals surface area contributed by atoms with Gasteiger partial charge in [0.2, 0.25) is 6.29 Å². The Morgan fingerprint density at radius 3 is 1.85 bits per heavy atom. The van der Waals surface area contributed by atoms with Gasteiger partial charge in [-0.15, -0.1) is 0 Å². The molecule has 2 aliphatic rings. The highest BCUT2D eigenvalue weighted by Gasteiger charge is 2.49. The van der Waals surface area contributed by atoms with Gasteiger partial charge in [0, 0.05) is 0 Å². The maximum Gasteiger partial charge on any atom is 0.402 e. The molecule has 0 amide bonds. The fourth-order valence-corrected chi connectivity index (χ4v) is 3.55. The highest BCUT2D eigenvalue weighted by atomic mass is 32.3. The van der Waals surface area contributed by atoms with E-state index < -0.39 is 85.0 Å². The molecule has 2 unspecified atom stereocenters. The highest BCUT2D eigenvalue weighted by molar-refractivity contribution is 7.81. The Balaban J connectivity index is 2.11. The molecule has 0 saturated carbocycles. The molecule has 2 rings (SSSR count). The second-order valence-corrected chi connectivity index (χ2v) is 7.19. The fraction of sp³-hybridized carbons (Fsp3) is 1.00. The molecule has 8 N–H and O–H groups in total. The largest absolute Gasteiger partial charge is 0.402 e. The second kappa shape index (κ2) is 8.87. The molecule has 0 aromatic rings. The summed E-state index contributed by atoms with van der Waals surface area (Å²) in [6, 6.07) is 0. The van der Waals surface area contributed by atoms with Crippen LogP contribution in [0.4, 0.5) is 0 Å². The lowest BCUT2D eigenvalue weighted by atomic mass is 9.99. The van der Waals surface area contributed by atoms with E-state index in [1.807, 2.05) is 0 Å². The SMILES string of the molecule is O=S(=O)(OC1O[C@H](CO)[C@@H](O)[C@H](O)[C@H]1O)O[C@H]1[C@H](O)[C@@H](O)C(O)O[C@@H]1CO. The lowest BCUT2D eigenvalue weighted by molar-refractivity contribution is -0.289. The average molecular weight is 422 g/mol. The third kappa shape index (κ3) is 4.91. The molecule has 0 aliphatic carbocycles. The van der Waals surface area contributed by atoms with Gasteiger partial charge in [0.25, 0.3) is 0 Å². The van der Waals surface area contributed by atoms with Crippen molar-refractivity contribution in [3.8, 4) is 0 Å². The van der Waals surface area contributed by atoms with Crippen molar-refractivity contribution in [2.45, 2.75) is 61.4 Å². The van der Waals surface area contributed by atoms with Crippen LogP contribution in [0.5, 0.6) is 0 Å². The molecule has 0 aromatic carbocycles. The van der Waals surface area contributed by atoms with Crippen molar-refractivity contribution >= 4 is 10.4 Å². The Labute approximate surface area is 153 Å². The van der Waals surface area contributed by atoms with E-state index in [1.54, 1.807) is 0 Å². The zero-order valence-electron chi connectivity index (χ0n) is 13.6. The van der Waals surface area contributed by atoms with Gasteiger partial charge in [-0.05, 0) is 0 Å². The maximum atomic E-state index is 12.1. The summed E-state index contributed by atoms with van der Waals surface area (Å²) in [6.45, 7) is -1.74. The summed E-state index contributed by atoms with van der Waals surface area (Å²) >= 11 is 0. The molecule has 160 valence electrons. The van der Waals surface area contributed by atoms with Crippen LogP contribution in [0.1, 0.15) is 0 Å². The Morgan fingerprint density at radius 1 is 0.704 bits per heavy atom. The van der Waals surface area contributed by atoms with E-state index in [1.165, 1.54) is 0 Å². The summed E-state index contributed by atoms with van der Waals surface area (Å²) in [5.41, 5.74) is 0. The molecule has 2 aliphatic heterocycles. The van der Waals surface area contributed by atoms with Crippen molar-refractivity contribution in [2.75, 3.05) is 13.2 Å². The average Bonchev–Trinajstić information content (AvgIpc) is 2.62. The number of aliphatic hydroxyl groups is 8. The van der Waals surface area contributed by atoms with Gasteiger partial charge in [-0.1, -0.05) is 0 Å². The van der Waals surface area contributed by atoms with Crippen molar-refractivity contribution < 1.29 is 67.1 Å². The summed E-state index contributed by atoms with van der Waals surface area (Å²) in [7, 11) is -5.11. The quantitative estimate of drug-likeness (QED) is 0.199. The smallest absolute Gasteiger partial charge is 0.394 e. The number of hydrogen-bond donors (Lipinski definition) is 8. The molecule has 14 nitrogen and oxygen atoms in total. The van der Waals surface area contributed by atoms with E-state index in [9.17, 15) is 44.2 Å². The minimum absolute atomic E-state index is 0.836. The Kier molecular flexibility index (Phi) is 7.47. The molecule has 0 spiro atoms. The number of rotatable bonds is 6. The predicted molar refractivity (Wildman–Crippen MR) is 78.6 cm³/mol. The van der Waals surface area contributed by atoms with Crippen LogP contribution < -0.4 is 0 Å². The van der Waals surface area contributed by atoms with Crippen LogP contribution in [-0.2, 0) is 28.2 Å². The van der Waals surface area contributed by atoms with Crippen LogP contribution in [0.3, 0.4) is 0 Å². The molecule has 27 heavy (non-hydrogen) atoms. The number of hydrogen-bond acceptors (Lipinski definition) is 14. The molecule has 0 bridgehead atoms. The molecular formula is C12H22O14S. The van der Waals surface area contributed by atoms with Crippen molar-refractivity contribution in [1.82, 2.24) is 0 Å². The molecule has 2 saturated heterocycles. The summed E-state index contributed by atoms with van der Waals surface area (Å²) in [6.07, 6.45) is -18.6. The van der Waals surface area contributed by atoms with Crippen LogP contribution in [0.2, 0.25) is 0 Å². The monoisotopic (exact) mass is 422 g/mol. The first kappa shape index (κ1) is 22.8. The zero-order valence-corrected chi connectivity index (χ0v) is 14.4. The topological polar surface area (TPSA) is 233 Å². The third-order valence-corrected chi connectivity index (χ3v) is 5.01. The van der Waals surface area contributed by atoms with Crippen LogP contribution in [0.25, 0.3) is 0 Å². The Morgan fingerprint density at radius 2 is 1.30 bits per heavy atom. The summed E-state index contributed by atoms with van der Waals surface area (Å²) in [4.78, 5) is 0. The van der Waals surface area contributed by atoms with E-state index in [2.05, 4.69) is 8.37 Å². The van der Waals surface area contributed by atoms with Crippen molar-refractivity contribution in [2.24, 2.45) is 0 Å². The van der Waals surface area contributed by atoms with Gasteiger partial charge in [0.1, 0.15) is 48.8 Å². The highest BCUT2D eigenvalue weighted by Crippen LogP contribution is 2.27. The fourth-order valence-electron chi connectivity index (χ4n) is 2.61. The van der Waals surface area contributed by atoms with Gasteiger partial charge in [0.05, 0.1) is 13.2 Å². The lowest BCUT2D eigenvalue weighted by Gasteiger charge is -2.40. The second-order valence-electron chi connectivity index (χ2n) is 5.99. The van der Waals surface area contributed by atoms with E-state index in [-0.39, 0.29) is 0 Å². The Bertz CT molecular complexity index is 581. The molecule has 2 heterocycles. The van der Waals surface area contributed by atoms with E-state index in [4.69, 9.17) is 14.6 Å². The van der Waals surface area contributed by atoms with E-state index in [0.717, 1.165) is 0 Å². The molecule has 0 aromatic heterocycles. The van der Waals surface area contributed by atoms with Gasteiger partial charge in [-0.2, -0.15) is 8.42 Å². The van der Waals surface area contributed by atoms with Gasteiger partial charge in [-0.25, -0.2) is 8.37 Å². The normalized spacial score (nSPS) is 46.4.